The van der Waals surface area contributed by atoms with Crippen molar-refractivity contribution >= 4 is 16.9 Å². The predicted molar refractivity (Wildman–Crippen MR) is 76.1 cm³/mol. The maximum absolute atomic E-state index is 11.4. The zero-order valence-corrected chi connectivity index (χ0v) is 10.9. The maximum Gasteiger partial charge on any atom is 0.315 e. The third-order valence-corrected chi connectivity index (χ3v) is 3.45. The monoisotopic (exact) mass is 257 g/mol. The average Bonchev–Trinajstić information content (AvgIpc) is 3.14. The Morgan fingerprint density at radius 1 is 1.26 bits per heavy atom. The molecule has 1 saturated carbocycles. The zero-order chi connectivity index (χ0) is 13.1. The third kappa shape index (κ3) is 3.08. The van der Waals surface area contributed by atoms with E-state index in [0.29, 0.717) is 12.6 Å². The fourth-order valence-electron chi connectivity index (χ4n) is 2.25. The van der Waals surface area contributed by atoms with Crippen molar-refractivity contribution in [3.63, 3.8) is 0 Å². The molecule has 0 saturated heterocycles. The van der Waals surface area contributed by atoms with Gasteiger partial charge in [-0.05, 0) is 36.8 Å². The lowest BCUT2D eigenvalue weighted by Gasteiger charge is -2.08. The quantitative estimate of drug-likeness (QED) is 0.794. The van der Waals surface area contributed by atoms with Crippen molar-refractivity contribution in [1.29, 1.82) is 0 Å². The van der Waals surface area contributed by atoms with Crippen molar-refractivity contribution in [2.75, 3.05) is 6.54 Å². The fourth-order valence-corrected chi connectivity index (χ4v) is 2.25. The Balaban J connectivity index is 1.45. The Kier molecular flexibility index (Phi) is 3.40. The average molecular weight is 257 g/mol. The highest BCUT2D eigenvalue weighted by molar-refractivity contribution is 5.79. The summed E-state index contributed by atoms with van der Waals surface area (Å²) in [6, 6.07) is 10.9. The van der Waals surface area contributed by atoms with E-state index in [4.69, 9.17) is 0 Å². The van der Waals surface area contributed by atoms with Crippen molar-refractivity contribution in [3.05, 3.63) is 36.5 Å². The van der Waals surface area contributed by atoms with Gasteiger partial charge in [-0.2, -0.15) is 0 Å². The van der Waals surface area contributed by atoms with E-state index in [1.54, 1.807) is 0 Å². The van der Waals surface area contributed by atoms with Crippen molar-refractivity contribution < 1.29 is 4.79 Å². The summed E-state index contributed by atoms with van der Waals surface area (Å²) in [5.74, 6) is 0. The summed E-state index contributed by atoms with van der Waals surface area (Å²) >= 11 is 0. The van der Waals surface area contributed by atoms with Gasteiger partial charge in [0.2, 0.25) is 0 Å². The minimum Gasteiger partial charge on any atom is -0.347 e. The summed E-state index contributed by atoms with van der Waals surface area (Å²) in [5, 5.41) is 7.09. The van der Waals surface area contributed by atoms with Gasteiger partial charge in [0.1, 0.15) is 0 Å². The van der Waals surface area contributed by atoms with Crippen molar-refractivity contribution in [3.8, 4) is 0 Å². The van der Waals surface area contributed by atoms with Crippen LogP contribution in [-0.4, -0.2) is 23.2 Å². The highest BCUT2D eigenvalue weighted by atomic mass is 16.2. The summed E-state index contributed by atoms with van der Waals surface area (Å²) in [7, 11) is 0. The fraction of sp³-hybridized carbons (Fsp3) is 0.400. The molecule has 0 radical (unpaired) electrons. The number of hydrogen-bond donors (Lipinski definition) is 2. The van der Waals surface area contributed by atoms with Crippen molar-refractivity contribution in [1.82, 2.24) is 15.2 Å². The number of carbonyl (C=O) groups excluding carboxylic acids is 1. The molecule has 0 spiro atoms. The van der Waals surface area contributed by atoms with Crippen LogP contribution in [0.2, 0.25) is 0 Å². The number of rotatable bonds is 5. The second-order valence-electron chi connectivity index (χ2n) is 5.10. The first-order valence-electron chi connectivity index (χ1n) is 6.91. The van der Waals surface area contributed by atoms with Crippen LogP contribution in [0.1, 0.15) is 19.3 Å². The Morgan fingerprint density at radius 2 is 2.11 bits per heavy atom. The third-order valence-electron chi connectivity index (χ3n) is 3.45. The molecule has 1 fully saturated rings. The van der Waals surface area contributed by atoms with E-state index in [1.807, 2.05) is 0 Å². The van der Waals surface area contributed by atoms with Crippen molar-refractivity contribution in [2.45, 2.75) is 31.8 Å². The molecule has 0 aliphatic heterocycles. The molecule has 1 aliphatic rings. The normalized spacial score (nSPS) is 14.5. The highest BCUT2D eigenvalue weighted by Crippen LogP contribution is 2.18. The number of aryl methyl sites for hydroxylation is 1. The van der Waals surface area contributed by atoms with Gasteiger partial charge >= 0.3 is 6.03 Å². The minimum atomic E-state index is -0.0279. The maximum atomic E-state index is 11.4. The number of carbonyl (C=O) groups is 1. The molecule has 3 rings (SSSR count). The second kappa shape index (κ2) is 5.34. The molecule has 0 unspecified atom stereocenters. The van der Waals surface area contributed by atoms with Crippen LogP contribution in [-0.2, 0) is 6.54 Å². The van der Waals surface area contributed by atoms with Gasteiger partial charge in [-0.25, -0.2) is 4.79 Å². The number of hydrogen-bond acceptors (Lipinski definition) is 1. The van der Waals surface area contributed by atoms with Gasteiger partial charge in [-0.15, -0.1) is 0 Å². The molecule has 0 bridgehead atoms. The lowest BCUT2D eigenvalue weighted by atomic mass is 10.2. The zero-order valence-electron chi connectivity index (χ0n) is 10.9. The van der Waals surface area contributed by atoms with Crippen LogP contribution in [0, 0.1) is 0 Å². The molecule has 1 aromatic heterocycles. The standard InChI is InChI=1S/C15H19N3O/c19-15(17-13-6-7-13)16-9-3-10-18-11-8-12-4-1-2-5-14(12)18/h1-2,4-5,8,11,13H,3,6-7,9-10H2,(H2,16,17,19). The van der Waals surface area contributed by atoms with E-state index in [0.717, 1.165) is 25.8 Å². The van der Waals surface area contributed by atoms with Crippen LogP contribution in [0.4, 0.5) is 4.79 Å². The largest absolute Gasteiger partial charge is 0.347 e. The molecular weight excluding hydrogens is 238 g/mol. The molecule has 4 nitrogen and oxygen atoms in total. The van der Waals surface area contributed by atoms with Gasteiger partial charge in [0.15, 0.2) is 0 Å². The van der Waals surface area contributed by atoms with Crippen molar-refractivity contribution in [2.24, 2.45) is 0 Å². The van der Waals surface area contributed by atoms with E-state index in [2.05, 4.69) is 51.7 Å². The topological polar surface area (TPSA) is 46.1 Å². The van der Waals surface area contributed by atoms with Gasteiger partial charge in [-0.1, -0.05) is 18.2 Å². The molecule has 2 amide bonds. The number of urea groups is 1. The molecule has 100 valence electrons. The first kappa shape index (κ1) is 12.1. The second-order valence-corrected chi connectivity index (χ2v) is 5.10. The molecular formula is C15H19N3O. The first-order valence-corrected chi connectivity index (χ1v) is 6.91. The van der Waals surface area contributed by atoms with E-state index in [-0.39, 0.29) is 6.03 Å². The van der Waals surface area contributed by atoms with Crippen LogP contribution in [0.3, 0.4) is 0 Å². The van der Waals surface area contributed by atoms with Crippen LogP contribution in [0.25, 0.3) is 10.9 Å². The van der Waals surface area contributed by atoms with Crippen LogP contribution in [0.15, 0.2) is 36.5 Å². The Bertz CT molecular complexity index is 572. The van der Waals surface area contributed by atoms with Gasteiger partial charge in [0.25, 0.3) is 0 Å². The molecule has 2 N–H and O–H groups in total. The molecule has 4 heteroatoms. The van der Waals surface area contributed by atoms with E-state index in [1.165, 1.54) is 10.9 Å². The summed E-state index contributed by atoms with van der Waals surface area (Å²) < 4.78 is 2.23. The van der Waals surface area contributed by atoms with E-state index < -0.39 is 0 Å². The number of nitrogens with one attached hydrogen (secondary N) is 2. The Labute approximate surface area is 112 Å². The number of amides is 2. The summed E-state index contributed by atoms with van der Waals surface area (Å²) in [4.78, 5) is 11.4. The number of nitrogens with zero attached hydrogens (tertiary/aromatic N) is 1. The summed E-state index contributed by atoms with van der Waals surface area (Å²) in [5.41, 5.74) is 1.25. The van der Waals surface area contributed by atoms with Gasteiger partial charge < -0.3 is 15.2 Å². The molecule has 1 aliphatic carbocycles. The van der Waals surface area contributed by atoms with Crippen LogP contribution < -0.4 is 10.6 Å². The molecule has 2 aromatic rings. The number of aromatic nitrogens is 1. The highest BCUT2D eigenvalue weighted by Gasteiger charge is 2.22. The lowest BCUT2D eigenvalue weighted by Crippen LogP contribution is -2.37. The minimum absolute atomic E-state index is 0.0279. The molecule has 1 heterocycles. The number of fused-ring (bicyclic) bond motifs is 1. The molecule has 0 atom stereocenters. The number of benzene rings is 1. The Hall–Kier alpha value is -1.97. The summed E-state index contributed by atoms with van der Waals surface area (Å²) in [6.07, 6.45) is 5.30. The van der Waals surface area contributed by atoms with Gasteiger partial charge in [0, 0.05) is 30.8 Å². The molecule has 19 heavy (non-hydrogen) atoms. The first-order chi connectivity index (χ1) is 9.33. The predicted octanol–water partition coefficient (Wildman–Crippen LogP) is 2.49. The van der Waals surface area contributed by atoms with E-state index >= 15 is 0 Å². The van der Waals surface area contributed by atoms with Crippen LogP contribution >= 0.6 is 0 Å². The summed E-state index contributed by atoms with van der Waals surface area (Å²) in [6.45, 7) is 1.64. The lowest BCUT2D eigenvalue weighted by molar-refractivity contribution is 0.240. The smallest absolute Gasteiger partial charge is 0.315 e. The SMILES string of the molecule is O=C(NCCCn1ccc2ccccc21)NC1CC1. The van der Waals surface area contributed by atoms with E-state index in [9.17, 15) is 4.79 Å². The molecule has 1 aromatic carbocycles. The number of para-hydroxylation sites is 1. The van der Waals surface area contributed by atoms with Gasteiger partial charge in [0.05, 0.1) is 0 Å². The van der Waals surface area contributed by atoms with Crippen LogP contribution in [0.5, 0.6) is 0 Å². The Morgan fingerprint density at radius 3 is 2.95 bits per heavy atom. The van der Waals surface area contributed by atoms with Gasteiger partial charge in [-0.3, -0.25) is 0 Å².